The molecule has 1 saturated carbocycles. The average molecular weight is 303 g/mol. The molecule has 0 bridgehead atoms. The van der Waals surface area contributed by atoms with Crippen LogP contribution in [0.4, 0.5) is 18.9 Å². The number of ether oxygens (including phenoxy) is 1. The lowest BCUT2D eigenvalue weighted by Gasteiger charge is -2.11. The molecule has 0 radical (unpaired) electrons. The second-order valence-electron chi connectivity index (χ2n) is 5.06. The average Bonchev–Trinajstić information content (AvgIpc) is 3.18. The van der Waals surface area contributed by atoms with Crippen molar-refractivity contribution in [1.29, 1.82) is 0 Å². The minimum atomic E-state index is -4.71. The number of rotatable bonds is 5. The number of nitrogens with two attached hydrogens (primary N) is 1. The molecule has 21 heavy (non-hydrogen) atoms. The molecule has 0 spiro atoms. The lowest BCUT2D eigenvalue weighted by atomic mass is 10.1. The Morgan fingerprint density at radius 1 is 1.33 bits per heavy atom. The highest BCUT2D eigenvalue weighted by Crippen LogP contribution is 2.45. The molecule has 1 fully saturated rings. The number of nitrogens with one attached hydrogen (secondary N) is 1. The predicted octanol–water partition coefficient (Wildman–Crippen LogP) is 2.08. The summed E-state index contributed by atoms with van der Waals surface area (Å²) >= 11 is 0. The molecule has 0 saturated heterocycles. The van der Waals surface area contributed by atoms with E-state index in [0.717, 1.165) is 12.8 Å². The second-order valence-corrected chi connectivity index (χ2v) is 5.06. The molecule has 5 nitrogen and oxygen atoms in total. The number of hydrogen-bond acceptors (Lipinski definition) is 3. The number of alkyl halides is 3. The first kappa shape index (κ1) is 15.4. The summed E-state index contributed by atoms with van der Waals surface area (Å²) in [4.78, 5) is 4.12. The summed E-state index contributed by atoms with van der Waals surface area (Å²) in [5, 5.41) is 11.9. The van der Waals surface area contributed by atoms with Gasteiger partial charge in [0.25, 0.3) is 0 Å². The van der Waals surface area contributed by atoms with Crippen LogP contribution in [0.2, 0.25) is 0 Å². The van der Waals surface area contributed by atoms with Crippen molar-refractivity contribution in [1.82, 2.24) is 0 Å². The molecule has 0 heterocycles. The van der Waals surface area contributed by atoms with E-state index in [1.54, 1.807) is 0 Å². The fourth-order valence-electron chi connectivity index (χ4n) is 1.72. The molecule has 0 unspecified atom stereocenters. The molecule has 2 rings (SSSR count). The van der Waals surface area contributed by atoms with Gasteiger partial charge in [0.15, 0.2) is 5.96 Å². The zero-order valence-electron chi connectivity index (χ0n) is 11.2. The van der Waals surface area contributed by atoms with Crippen LogP contribution in [0.15, 0.2) is 29.3 Å². The van der Waals surface area contributed by atoms with Gasteiger partial charge in [0.2, 0.25) is 0 Å². The van der Waals surface area contributed by atoms with Crippen LogP contribution in [-0.2, 0) is 0 Å². The van der Waals surface area contributed by atoms with Gasteiger partial charge in [-0.2, -0.15) is 0 Å². The number of halogens is 3. The zero-order chi connectivity index (χ0) is 15.5. The number of benzene rings is 1. The van der Waals surface area contributed by atoms with E-state index >= 15 is 0 Å². The summed E-state index contributed by atoms with van der Waals surface area (Å²) in [5.74, 6) is -0.153. The Morgan fingerprint density at radius 3 is 2.43 bits per heavy atom. The van der Waals surface area contributed by atoms with Gasteiger partial charge in [0.1, 0.15) is 5.75 Å². The van der Waals surface area contributed by atoms with Crippen LogP contribution in [0, 0.1) is 5.41 Å². The van der Waals surface area contributed by atoms with Crippen molar-refractivity contribution in [3.63, 3.8) is 0 Å². The summed E-state index contributed by atoms with van der Waals surface area (Å²) in [7, 11) is 0. The van der Waals surface area contributed by atoms with Gasteiger partial charge < -0.3 is 20.9 Å². The van der Waals surface area contributed by atoms with Gasteiger partial charge in [0, 0.05) is 11.1 Å². The fourth-order valence-corrected chi connectivity index (χ4v) is 1.72. The smallest absolute Gasteiger partial charge is 0.406 e. The molecule has 0 atom stereocenters. The number of aliphatic imine (C=N–C) groups is 1. The van der Waals surface area contributed by atoms with E-state index < -0.39 is 6.36 Å². The van der Waals surface area contributed by atoms with E-state index in [1.165, 1.54) is 24.3 Å². The van der Waals surface area contributed by atoms with Gasteiger partial charge in [-0.1, -0.05) is 0 Å². The largest absolute Gasteiger partial charge is 0.573 e. The van der Waals surface area contributed by atoms with E-state index in [-0.39, 0.29) is 23.7 Å². The minimum absolute atomic E-state index is 0.0766. The Labute approximate surface area is 119 Å². The van der Waals surface area contributed by atoms with Crippen LogP contribution in [-0.4, -0.2) is 30.6 Å². The Morgan fingerprint density at radius 2 is 1.95 bits per heavy atom. The standard InChI is InChI=1S/C13H16F3N3O2/c14-13(15,16)21-10-3-1-9(2-4-10)19-11(17)18-7-12(8-20)5-6-12/h1-4,20H,5-8H2,(H3,17,18,19). The Bertz CT molecular complexity index is 510. The molecular formula is C13H16F3N3O2. The van der Waals surface area contributed by atoms with E-state index in [0.29, 0.717) is 12.2 Å². The monoisotopic (exact) mass is 303 g/mol. The van der Waals surface area contributed by atoms with Crippen molar-refractivity contribution in [2.45, 2.75) is 19.2 Å². The highest BCUT2D eigenvalue weighted by atomic mass is 19.4. The van der Waals surface area contributed by atoms with Gasteiger partial charge in [-0.05, 0) is 37.1 Å². The van der Waals surface area contributed by atoms with E-state index in [9.17, 15) is 13.2 Å². The molecule has 1 aliphatic carbocycles. The van der Waals surface area contributed by atoms with Crippen molar-refractivity contribution in [3.8, 4) is 5.75 Å². The maximum atomic E-state index is 12.0. The number of aliphatic hydroxyl groups excluding tert-OH is 1. The maximum Gasteiger partial charge on any atom is 0.573 e. The topological polar surface area (TPSA) is 79.9 Å². The van der Waals surface area contributed by atoms with Crippen LogP contribution in [0.25, 0.3) is 0 Å². The first-order chi connectivity index (χ1) is 9.82. The molecular weight excluding hydrogens is 287 g/mol. The van der Waals surface area contributed by atoms with Crippen molar-refractivity contribution in [2.75, 3.05) is 18.5 Å². The molecule has 1 aromatic carbocycles. The van der Waals surface area contributed by atoms with Crippen molar-refractivity contribution >= 4 is 11.6 Å². The second kappa shape index (κ2) is 5.80. The summed E-state index contributed by atoms with van der Waals surface area (Å²) in [6.45, 7) is 0.505. The minimum Gasteiger partial charge on any atom is -0.406 e. The third-order valence-electron chi connectivity index (χ3n) is 3.24. The van der Waals surface area contributed by atoms with Crippen LogP contribution in [0.3, 0.4) is 0 Å². The third-order valence-corrected chi connectivity index (χ3v) is 3.24. The van der Waals surface area contributed by atoms with Gasteiger partial charge in [0.05, 0.1) is 13.2 Å². The Kier molecular flexibility index (Phi) is 4.26. The molecule has 1 aliphatic rings. The first-order valence-corrected chi connectivity index (χ1v) is 6.36. The Hall–Kier alpha value is -1.96. The number of nitrogens with zero attached hydrogens (tertiary/aromatic N) is 1. The molecule has 116 valence electrons. The number of anilines is 1. The van der Waals surface area contributed by atoms with Crippen LogP contribution < -0.4 is 15.8 Å². The highest BCUT2D eigenvalue weighted by Gasteiger charge is 2.41. The predicted molar refractivity (Wildman–Crippen MR) is 72.0 cm³/mol. The zero-order valence-corrected chi connectivity index (χ0v) is 11.2. The molecule has 1 aromatic rings. The van der Waals surface area contributed by atoms with Gasteiger partial charge in [-0.3, -0.25) is 4.99 Å². The van der Waals surface area contributed by atoms with Crippen LogP contribution in [0.1, 0.15) is 12.8 Å². The fraction of sp³-hybridized carbons (Fsp3) is 0.462. The van der Waals surface area contributed by atoms with Crippen LogP contribution in [0.5, 0.6) is 5.75 Å². The number of aliphatic hydroxyl groups is 1. The first-order valence-electron chi connectivity index (χ1n) is 6.36. The summed E-state index contributed by atoms with van der Waals surface area (Å²) in [5.41, 5.74) is 6.04. The highest BCUT2D eigenvalue weighted by molar-refractivity contribution is 5.92. The lowest BCUT2D eigenvalue weighted by molar-refractivity contribution is -0.274. The van der Waals surface area contributed by atoms with Gasteiger partial charge >= 0.3 is 6.36 Å². The molecule has 0 aliphatic heterocycles. The van der Waals surface area contributed by atoms with E-state index in [4.69, 9.17) is 10.8 Å². The normalized spacial score (nSPS) is 17.4. The summed E-state index contributed by atoms with van der Waals surface area (Å²) in [6.07, 6.45) is -2.87. The van der Waals surface area contributed by atoms with Crippen LogP contribution >= 0.6 is 0 Å². The SMILES string of the molecule is NC(=NCC1(CO)CC1)Nc1ccc(OC(F)(F)F)cc1. The van der Waals surface area contributed by atoms with Gasteiger partial charge in [-0.25, -0.2) is 0 Å². The molecule has 4 N–H and O–H groups in total. The summed E-state index contributed by atoms with van der Waals surface area (Å²) in [6, 6.07) is 5.17. The van der Waals surface area contributed by atoms with E-state index in [1.807, 2.05) is 0 Å². The lowest BCUT2D eigenvalue weighted by Crippen LogP contribution is -2.24. The maximum absolute atomic E-state index is 12.0. The number of guanidine groups is 1. The third kappa shape index (κ3) is 4.82. The number of hydrogen-bond donors (Lipinski definition) is 3. The molecule has 0 aromatic heterocycles. The summed E-state index contributed by atoms with van der Waals surface area (Å²) < 4.78 is 39.8. The van der Waals surface area contributed by atoms with Crippen molar-refractivity contribution in [2.24, 2.45) is 16.1 Å². The quantitative estimate of drug-likeness (QED) is 0.575. The van der Waals surface area contributed by atoms with Crippen molar-refractivity contribution in [3.05, 3.63) is 24.3 Å². The Balaban J connectivity index is 1.89. The van der Waals surface area contributed by atoms with Crippen molar-refractivity contribution < 1.29 is 23.0 Å². The molecule has 0 amide bonds. The van der Waals surface area contributed by atoms with Gasteiger partial charge in [-0.15, -0.1) is 13.2 Å². The van der Waals surface area contributed by atoms with E-state index in [2.05, 4.69) is 15.0 Å². The molecule has 8 heteroatoms.